The second-order valence-corrected chi connectivity index (χ2v) is 18.2. The molecule has 1 unspecified atom stereocenters. The van der Waals surface area contributed by atoms with Crippen molar-refractivity contribution in [2.24, 2.45) is 18.4 Å². The minimum absolute atomic E-state index is 0.0292. The van der Waals surface area contributed by atoms with Gasteiger partial charge in [-0.25, -0.2) is 14.3 Å². The lowest BCUT2D eigenvalue weighted by Gasteiger charge is -2.54. The molecule has 8 heterocycles. The molecule has 5 aliphatic rings. The van der Waals surface area contributed by atoms with E-state index >= 15 is 0 Å². The quantitative estimate of drug-likeness (QED) is 0.153. The van der Waals surface area contributed by atoms with E-state index in [4.69, 9.17) is 9.84 Å². The molecule has 4 aromatic heterocycles. The van der Waals surface area contributed by atoms with Crippen LogP contribution in [-0.4, -0.2) is 126 Å². The van der Waals surface area contributed by atoms with E-state index in [0.29, 0.717) is 36.8 Å². The number of aromatic nitrogens is 7. The van der Waals surface area contributed by atoms with E-state index in [9.17, 15) is 24.0 Å². The Morgan fingerprint density at radius 1 is 0.952 bits per heavy atom. The Bertz CT molecular complexity index is 2580. The van der Waals surface area contributed by atoms with Crippen LogP contribution in [0.1, 0.15) is 91.4 Å². The maximum absolute atomic E-state index is 13.9. The first-order valence-electron chi connectivity index (χ1n) is 22.4. The number of carbonyl (C=O) groups is 4. The normalized spacial score (nSPS) is 23.3. The first-order chi connectivity index (χ1) is 30.1. The Morgan fingerprint density at radius 3 is 2.52 bits per heavy atom. The summed E-state index contributed by atoms with van der Waals surface area (Å²) in [6.45, 7) is 7.39. The van der Waals surface area contributed by atoms with Gasteiger partial charge in [0.15, 0.2) is 17.2 Å². The summed E-state index contributed by atoms with van der Waals surface area (Å²) in [5.41, 5.74) is 4.65. The summed E-state index contributed by atoms with van der Waals surface area (Å²) < 4.78 is 12.5. The summed E-state index contributed by atoms with van der Waals surface area (Å²) in [5.74, 6) is 0.409. The van der Waals surface area contributed by atoms with Gasteiger partial charge in [-0.1, -0.05) is 12.1 Å². The lowest BCUT2D eigenvalue weighted by atomic mass is 9.71. The number of para-hydroxylation sites is 1. The fourth-order valence-electron chi connectivity index (χ4n) is 10.9. The number of nitrogens with zero attached hydrogens (tertiary/aromatic N) is 10. The number of anilines is 1. The maximum Gasteiger partial charge on any atom is 0.329 e. The minimum Gasteiger partial charge on any atom is -0.378 e. The third kappa shape index (κ3) is 7.52. The zero-order chi connectivity index (χ0) is 42.5. The Labute approximate surface area is 359 Å². The van der Waals surface area contributed by atoms with E-state index < -0.39 is 11.9 Å². The largest absolute Gasteiger partial charge is 0.378 e. The van der Waals surface area contributed by atoms with Crippen molar-refractivity contribution in [1.82, 2.24) is 48.6 Å². The molecular formula is C45H55N11O6. The third-order valence-corrected chi connectivity index (χ3v) is 14.3. The van der Waals surface area contributed by atoms with Crippen LogP contribution >= 0.6 is 0 Å². The molecule has 17 heteroatoms. The molecule has 0 bridgehead atoms. The van der Waals surface area contributed by atoms with E-state index in [2.05, 4.69) is 40.8 Å². The zero-order valence-corrected chi connectivity index (χ0v) is 35.4. The second-order valence-electron chi connectivity index (χ2n) is 18.2. The highest BCUT2D eigenvalue weighted by Crippen LogP contribution is 2.42. The van der Waals surface area contributed by atoms with Gasteiger partial charge >= 0.3 is 5.69 Å². The number of imide groups is 1. The van der Waals surface area contributed by atoms with Gasteiger partial charge in [0, 0.05) is 89.2 Å². The first kappa shape index (κ1) is 40.4. The topological polar surface area (TPSA) is 174 Å². The van der Waals surface area contributed by atoms with Crippen molar-refractivity contribution in [3.8, 4) is 0 Å². The number of morpholine rings is 1. The number of benzene rings is 1. The smallest absolute Gasteiger partial charge is 0.329 e. The number of hydrogen-bond acceptors (Lipinski definition) is 11. The van der Waals surface area contributed by atoms with Crippen LogP contribution in [0.4, 0.5) is 5.82 Å². The molecule has 0 radical (unpaired) electrons. The number of amides is 3. The van der Waals surface area contributed by atoms with Crippen molar-refractivity contribution < 1.29 is 23.9 Å². The predicted molar refractivity (Wildman–Crippen MR) is 229 cm³/mol. The number of ether oxygens (including phenoxy) is 1. The van der Waals surface area contributed by atoms with Crippen molar-refractivity contribution in [1.29, 1.82) is 0 Å². The van der Waals surface area contributed by atoms with Crippen molar-refractivity contribution in [3.05, 3.63) is 76.2 Å². The second kappa shape index (κ2) is 16.5. The van der Waals surface area contributed by atoms with Gasteiger partial charge in [0.1, 0.15) is 6.04 Å². The monoisotopic (exact) mass is 845 g/mol. The molecular weight excluding hydrogens is 791 g/mol. The number of fused-ring (bicyclic) bond motifs is 2. The molecule has 1 saturated carbocycles. The highest BCUT2D eigenvalue weighted by molar-refractivity contribution is 6.03. The van der Waals surface area contributed by atoms with Gasteiger partial charge in [0.05, 0.1) is 42.0 Å². The number of piperidine rings is 2. The molecule has 1 atom stereocenters. The van der Waals surface area contributed by atoms with E-state index in [1.54, 1.807) is 45.4 Å². The van der Waals surface area contributed by atoms with E-state index in [0.717, 1.165) is 125 Å². The van der Waals surface area contributed by atoms with E-state index in [1.165, 1.54) is 0 Å². The molecule has 326 valence electrons. The maximum atomic E-state index is 13.9. The van der Waals surface area contributed by atoms with Gasteiger partial charge in [0.2, 0.25) is 17.7 Å². The summed E-state index contributed by atoms with van der Waals surface area (Å²) >= 11 is 0. The molecule has 17 nitrogen and oxygen atoms in total. The van der Waals surface area contributed by atoms with E-state index in [-0.39, 0.29) is 47.6 Å². The number of Topliss-reactive ketones (excluding diaryl/α,β-unsaturated/α-hetero) is 1. The fourth-order valence-corrected chi connectivity index (χ4v) is 10.9. The first-order valence-corrected chi connectivity index (χ1v) is 22.4. The number of ketones is 1. The number of imidazole rings is 1. The number of aryl methyl sites for hydroxylation is 2. The van der Waals surface area contributed by atoms with Crippen LogP contribution in [-0.2, 0) is 39.0 Å². The Hall–Kier alpha value is -5.68. The lowest BCUT2D eigenvalue weighted by molar-refractivity contribution is -0.142. The van der Waals surface area contributed by atoms with Crippen molar-refractivity contribution in [3.63, 3.8) is 0 Å². The van der Waals surface area contributed by atoms with Crippen LogP contribution in [0, 0.1) is 11.3 Å². The van der Waals surface area contributed by atoms with Gasteiger partial charge in [-0.2, -0.15) is 10.2 Å². The predicted octanol–water partition coefficient (Wildman–Crippen LogP) is 3.11. The van der Waals surface area contributed by atoms with Crippen molar-refractivity contribution >= 4 is 46.0 Å². The van der Waals surface area contributed by atoms with Gasteiger partial charge in [-0.15, -0.1) is 0 Å². The average molecular weight is 846 g/mol. The van der Waals surface area contributed by atoms with Gasteiger partial charge in [0.25, 0.3) is 0 Å². The van der Waals surface area contributed by atoms with Gasteiger partial charge < -0.3 is 19.4 Å². The molecule has 1 spiro atoms. The fraction of sp³-hybridized carbons (Fsp3) is 0.556. The lowest BCUT2D eigenvalue weighted by Crippen LogP contribution is -2.61. The highest BCUT2D eigenvalue weighted by Gasteiger charge is 2.46. The summed E-state index contributed by atoms with van der Waals surface area (Å²) in [7, 11) is 1.76. The van der Waals surface area contributed by atoms with Gasteiger partial charge in [-0.3, -0.25) is 38.3 Å². The number of rotatable bonds is 11. The number of likely N-dealkylation sites (tertiary alicyclic amines) is 2. The van der Waals surface area contributed by atoms with Crippen LogP contribution in [0.5, 0.6) is 0 Å². The Kier molecular flexibility index (Phi) is 10.8. The van der Waals surface area contributed by atoms with Crippen LogP contribution < -0.4 is 15.9 Å². The molecule has 1 aromatic carbocycles. The summed E-state index contributed by atoms with van der Waals surface area (Å²) in [6.07, 6.45) is 15.1. The van der Waals surface area contributed by atoms with Crippen LogP contribution in [0.15, 0.2) is 53.8 Å². The molecule has 10 rings (SSSR count). The molecule has 4 saturated heterocycles. The summed E-state index contributed by atoms with van der Waals surface area (Å²) in [5, 5.41) is 11.8. The Balaban J connectivity index is 0.703. The van der Waals surface area contributed by atoms with E-state index in [1.807, 2.05) is 18.3 Å². The van der Waals surface area contributed by atoms with Gasteiger partial charge in [-0.05, 0) is 87.4 Å². The third-order valence-electron chi connectivity index (χ3n) is 14.3. The SMILES string of the molecule is Cn1c(=O)n(C2CCC(=O)NC2=O)c2cccc(CCCN3CC4(CCN(C(=O)C5CCC(n6cc(CC(=O)c7cnn8cccnc78)c(N7CCOCC7)n6)CC5)CC4)C3)c21. The molecule has 1 N–H and O–H groups in total. The molecule has 1 aliphatic carbocycles. The van der Waals surface area contributed by atoms with Crippen LogP contribution in [0.2, 0.25) is 0 Å². The van der Waals surface area contributed by atoms with Crippen molar-refractivity contribution in [2.75, 3.05) is 63.9 Å². The molecule has 4 aliphatic heterocycles. The molecule has 62 heavy (non-hydrogen) atoms. The minimum atomic E-state index is -0.690. The number of nitrogens with one attached hydrogen (secondary N) is 1. The number of carbonyl (C=O) groups excluding carboxylic acids is 4. The molecule has 5 aromatic rings. The highest BCUT2D eigenvalue weighted by atomic mass is 16.5. The van der Waals surface area contributed by atoms with Crippen LogP contribution in [0.3, 0.4) is 0 Å². The van der Waals surface area contributed by atoms with Crippen LogP contribution in [0.25, 0.3) is 16.7 Å². The standard InChI is InChI=1S/C45H55N11O6/c1-50-39-30(5-2-7-35(39)56(44(50)61)36-12-13-38(58)48-42(36)59)6-3-17-51-28-45(29-51)14-19-53(20-15-45)43(60)31-8-10-33(11-9-31)55-27-32(40(49-55)52-21-23-62-24-22-52)25-37(57)34-26-47-54-18-4-16-46-41(34)54/h2,4-5,7,16,18,26-27,31,33,36H,3,6,8-15,17,19-25,28-29H2,1H3,(H,48,58,59). The summed E-state index contributed by atoms with van der Waals surface area (Å²) in [6, 6.07) is 7.18. The Morgan fingerprint density at radius 2 is 1.74 bits per heavy atom. The molecule has 3 amide bonds. The zero-order valence-electron chi connectivity index (χ0n) is 35.4. The number of hydrogen-bond donors (Lipinski definition) is 1. The summed E-state index contributed by atoms with van der Waals surface area (Å²) in [4.78, 5) is 76.5. The average Bonchev–Trinajstić information content (AvgIpc) is 3.98. The van der Waals surface area contributed by atoms with Crippen molar-refractivity contribution in [2.45, 2.75) is 82.7 Å². The molecule has 5 fully saturated rings.